The van der Waals surface area contributed by atoms with E-state index >= 15 is 0 Å². The maximum Gasteiger partial charge on any atom is 0.240 e. The van der Waals surface area contributed by atoms with Gasteiger partial charge in [0.2, 0.25) is 15.9 Å². The summed E-state index contributed by atoms with van der Waals surface area (Å²) in [6.45, 7) is 2.45. The van der Waals surface area contributed by atoms with Gasteiger partial charge in [0.15, 0.2) is 0 Å². The molecule has 0 saturated carbocycles. The summed E-state index contributed by atoms with van der Waals surface area (Å²) >= 11 is 0. The van der Waals surface area contributed by atoms with Gasteiger partial charge >= 0.3 is 0 Å². The fourth-order valence-corrected chi connectivity index (χ4v) is 2.89. The quantitative estimate of drug-likeness (QED) is 0.885. The second kappa shape index (κ2) is 4.70. The van der Waals surface area contributed by atoms with Crippen LogP contribution in [0, 0.1) is 0 Å². The lowest BCUT2D eigenvalue weighted by Gasteiger charge is -2.16. The Kier molecular flexibility index (Phi) is 3.41. The van der Waals surface area contributed by atoms with Gasteiger partial charge in [0.25, 0.3) is 0 Å². The summed E-state index contributed by atoms with van der Waals surface area (Å²) in [5, 5.41) is 0. The summed E-state index contributed by atoms with van der Waals surface area (Å²) in [6.07, 6.45) is 1.16. The molecule has 0 atom stereocenters. The molecule has 0 unspecified atom stereocenters. The zero-order valence-corrected chi connectivity index (χ0v) is 11.3. The normalized spacial score (nSPS) is 14.7. The number of hydrogen-bond acceptors (Lipinski definition) is 3. The van der Waals surface area contributed by atoms with Crippen LogP contribution in [0.4, 0.5) is 5.69 Å². The Balaban J connectivity index is 2.40. The molecule has 2 rings (SSSR count). The molecule has 0 aliphatic carbocycles. The molecule has 18 heavy (non-hydrogen) atoms. The van der Waals surface area contributed by atoms with Crippen molar-refractivity contribution in [3.63, 3.8) is 0 Å². The van der Waals surface area contributed by atoms with E-state index in [1.807, 2.05) is 6.92 Å². The van der Waals surface area contributed by atoms with Gasteiger partial charge in [0.05, 0.1) is 4.90 Å². The van der Waals surface area contributed by atoms with E-state index in [1.54, 1.807) is 17.0 Å². The Labute approximate surface area is 107 Å². The molecule has 0 saturated heterocycles. The van der Waals surface area contributed by atoms with Crippen molar-refractivity contribution < 1.29 is 13.2 Å². The van der Waals surface area contributed by atoms with Gasteiger partial charge in [0.1, 0.15) is 0 Å². The number of nitrogens with one attached hydrogen (secondary N) is 1. The first-order valence-corrected chi connectivity index (χ1v) is 7.34. The molecule has 98 valence electrons. The highest BCUT2D eigenvalue weighted by atomic mass is 32.2. The molecule has 1 aliphatic rings. The van der Waals surface area contributed by atoms with E-state index < -0.39 is 10.0 Å². The molecule has 0 bridgehead atoms. The van der Waals surface area contributed by atoms with E-state index in [1.165, 1.54) is 13.1 Å². The third-order valence-electron chi connectivity index (χ3n) is 3.13. The van der Waals surface area contributed by atoms with E-state index in [2.05, 4.69) is 4.72 Å². The topological polar surface area (TPSA) is 66.5 Å². The van der Waals surface area contributed by atoms with Crippen molar-refractivity contribution in [2.75, 3.05) is 18.5 Å². The van der Waals surface area contributed by atoms with Gasteiger partial charge in [0, 0.05) is 18.7 Å². The summed E-state index contributed by atoms with van der Waals surface area (Å²) in [4.78, 5) is 13.7. The van der Waals surface area contributed by atoms with Crippen molar-refractivity contribution in [3.05, 3.63) is 23.8 Å². The molecule has 1 amide bonds. The standard InChI is InChI=1S/C12H16N2O3S/c1-3-12(15)14-7-6-9-8-10(4-5-11(9)14)18(16,17)13-2/h4-5,8,13H,3,6-7H2,1-2H3. The van der Waals surface area contributed by atoms with Crippen molar-refractivity contribution in [2.45, 2.75) is 24.7 Å². The average molecular weight is 268 g/mol. The molecule has 1 heterocycles. The predicted molar refractivity (Wildman–Crippen MR) is 69.0 cm³/mol. The fourth-order valence-electron chi connectivity index (χ4n) is 2.11. The number of nitrogens with zero attached hydrogens (tertiary/aromatic N) is 1. The molecule has 0 aromatic heterocycles. The molecule has 5 nitrogen and oxygen atoms in total. The van der Waals surface area contributed by atoms with Crippen LogP contribution in [-0.4, -0.2) is 27.9 Å². The van der Waals surface area contributed by atoms with Gasteiger partial charge in [-0.1, -0.05) is 6.92 Å². The van der Waals surface area contributed by atoms with Gasteiger partial charge in [-0.2, -0.15) is 0 Å². The van der Waals surface area contributed by atoms with Crippen LogP contribution in [0.3, 0.4) is 0 Å². The van der Waals surface area contributed by atoms with Crippen LogP contribution in [0.5, 0.6) is 0 Å². The highest BCUT2D eigenvalue weighted by Crippen LogP contribution is 2.30. The summed E-state index contributed by atoms with van der Waals surface area (Å²) < 4.78 is 25.6. The number of hydrogen-bond donors (Lipinski definition) is 1. The Morgan fingerprint density at radius 2 is 2.17 bits per heavy atom. The van der Waals surface area contributed by atoms with E-state index in [0.29, 0.717) is 19.4 Å². The molecule has 0 spiro atoms. The third-order valence-corrected chi connectivity index (χ3v) is 4.54. The minimum atomic E-state index is -3.42. The van der Waals surface area contributed by atoms with Crippen LogP contribution in [0.25, 0.3) is 0 Å². The highest BCUT2D eigenvalue weighted by Gasteiger charge is 2.25. The summed E-state index contributed by atoms with van der Waals surface area (Å²) in [5.74, 6) is 0.0676. The molecule has 6 heteroatoms. The lowest BCUT2D eigenvalue weighted by molar-refractivity contribution is -0.118. The molecular weight excluding hydrogens is 252 g/mol. The smallest absolute Gasteiger partial charge is 0.240 e. The van der Waals surface area contributed by atoms with Crippen molar-refractivity contribution in [2.24, 2.45) is 0 Å². The second-order valence-electron chi connectivity index (χ2n) is 4.15. The average Bonchev–Trinajstić information content (AvgIpc) is 2.80. The monoisotopic (exact) mass is 268 g/mol. The molecule has 1 aromatic carbocycles. The second-order valence-corrected chi connectivity index (χ2v) is 6.03. The fraction of sp³-hybridized carbons (Fsp3) is 0.417. The van der Waals surface area contributed by atoms with Crippen molar-refractivity contribution in [1.29, 1.82) is 0 Å². The maximum atomic E-state index is 11.7. The van der Waals surface area contributed by atoms with Gasteiger partial charge in [-0.05, 0) is 37.2 Å². The van der Waals surface area contributed by atoms with Crippen molar-refractivity contribution in [3.8, 4) is 0 Å². The van der Waals surface area contributed by atoms with Gasteiger partial charge in [-0.15, -0.1) is 0 Å². The van der Waals surface area contributed by atoms with E-state index in [4.69, 9.17) is 0 Å². The molecular formula is C12H16N2O3S. The van der Waals surface area contributed by atoms with E-state index in [9.17, 15) is 13.2 Å². The Hall–Kier alpha value is -1.40. The first-order chi connectivity index (χ1) is 8.49. The predicted octanol–water partition coefficient (Wildman–Crippen LogP) is 0.894. The summed E-state index contributed by atoms with van der Waals surface area (Å²) in [6, 6.07) is 4.89. The number of rotatable bonds is 3. The number of sulfonamides is 1. The minimum Gasteiger partial charge on any atom is -0.312 e. The molecule has 0 fully saturated rings. The van der Waals surface area contributed by atoms with Gasteiger partial charge in [-0.25, -0.2) is 13.1 Å². The number of carbonyl (C=O) groups excluding carboxylic acids is 1. The molecule has 1 aliphatic heterocycles. The van der Waals surface area contributed by atoms with Gasteiger partial charge in [-0.3, -0.25) is 4.79 Å². The zero-order chi connectivity index (χ0) is 13.3. The van der Waals surface area contributed by atoms with E-state index in [-0.39, 0.29) is 10.8 Å². The highest BCUT2D eigenvalue weighted by molar-refractivity contribution is 7.89. The Morgan fingerprint density at radius 3 is 2.78 bits per heavy atom. The van der Waals surface area contributed by atoms with Crippen molar-refractivity contribution >= 4 is 21.6 Å². The molecule has 1 aromatic rings. The van der Waals surface area contributed by atoms with E-state index in [0.717, 1.165) is 11.3 Å². The van der Waals surface area contributed by atoms with Crippen molar-refractivity contribution in [1.82, 2.24) is 4.72 Å². The van der Waals surface area contributed by atoms with Crippen LogP contribution >= 0.6 is 0 Å². The number of benzene rings is 1. The lowest BCUT2D eigenvalue weighted by atomic mass is 10.2. The van der Waals surface area contributed by atoms with Crippen LogP contribution < -0.4 is 9.62 Å². The molecule has 1 N–H and O–H groups in total. The van der Waals surface area contributed by atoms with Crippen LogP contribution in [0.15, 0.2) is 23.1 Å². The third kappa shape index (κ3) is 2.13. The zero-order valence-electron chi connectivity index (χ0n) is 10.4. The SMILES string of the molecule is CCC(=O)N1CCc2cc(S(=O)(=O)NC)ccc21. The summed E-state index contributed by atoms with van der Waals surface area (Å²) in [5.41, 5.74) is 1.74. The maximum absolute atomic E-state index is 11.7. The number of amides is 1. The number of anilines is 1. The molecule has 0 radical (unpaired) electrons. The minimum absolute atomic E-state index is 0.0676. The Morgan fingerprint density at radius 1 is 1.44 bits per heavy atom. The summed E-state index contributed by atoms with van der Waals surface area (Å²) in [7, 11) is -2.03. The number of carbonyl (C=O) groups is 1. The largest absolute Gasteiger partial charge is 0.312 e. The van der Waals surface area contributed by atoms with Crippen LogP contribution in [-0.2, 0) is 21.2 Å². The first kappa shape index (κ1) is 13.0. The first-order valence-electron chi connectivity index (χ1n) is 5.86. The van der Waals surface area contributed by atoms with Crippen LogP contribution in [0.2, 0.25) is 0 Å². The number of fused-ring (bicyclic) bond motifs is 1. The van der Waals surface area contributed by atoms with Gasteiger partial charge < -0.3 is 4.90 Å². The van der Waals surface area contributed by atoms with Crippen LogP contribution in [0.1, 0.15) is 18.9 Å². The lowest BCUT2D eigenvalue weighted by Crippen LogP contribution is -2.27. The Bertz CT molecular complexity index is 581.